The lowest BCUT2D eigenvalue weighted by atomic mass is 9.80. The van der Waals surface area contributed by atoms with Crippen molar-refractivity contribution in [3.63, 3.8) is 0 Å². The Morgan fingerprint density at radius 2 is 1.69 bits per heavy atom. The first kappa shape index (κ1) is 35.4. The highest BCUT2D eigenvalue weighted by atomic mass is 16.5. The van der Waals surface area contributed by atoms with Gasteiger partial charge in [-0.1, -0.05) is 61.4 Å². The average Bonchev–Trinajstić information content (AvgIpc) is 3.70. The van der Waals surface area contributed by atoms with Crippen LogP contribution in [0.1, 0.15) is 80.7 Å². The van der Waals surface area contributed by atoms with E-state index in [0.29, 0.717) is 37.6 Å². The van der Waals surface area contributed by atoms with E-state index < -0.39 is 11.7 Å². The van der Waals surface area contributed by atoms with Gasteiger partial charge in [0.05, 0.1) is 44.6 Å². The largest absolute Gasteiger partial charge is 0.506 e. The summed E-state index contributed by atoms with van der Waals surface area (Å²) in [6.45, 7) is 7.91. The van der Waals surface area contributed by atoms with Crippen molar-refractivity contribution in [2.24, 2.45) is 11.8 Å². The molecule has 3 aromatic carbocycles. The van der Waals surface area contributed by atoms with Crippen LogP contribution in [0, 0.1) is 11.8 Å². The summed E-state index contributed by atoms with van der Waals surface area (Å²) in [7, 11) is 0. The van der Waals surface area contributed by atoms with Crippen LogP contribution in [0.3, 0.4) is 0 Å². The molecule has 1 amide bonds. The second-order valence-corrected chi connectivity index (χ2v) is 14.6. The van der Waals surface area contributed by atoms with Gasteiger partial charge in [0, 0.05) is 37.8 Å². The van der Waals surface area contributed by atoms with Gasteiger partial charge in [0.1, 0.15) is 29.7 Å². The minimum Gasteiger partial charge on any atom is -0.506 e. The number of piperidine rings is 3. The molecule has 1 saturated carbocycles. The number of amides is 1. The Morgan fingerprint density at radius 1 is 0.980 bits per heavy atom. The summed E-state index contributed by atoms with van der Waals surface area (Å²) in [5.41, 5.74) is 2.03. The van der Waals surface area contributed by atoms with Crippen molar-refractivity contribution in [2.45, 2.75) is 75.7 Å². The third kappa shape index (κ3) is 8.47. The molecule has 49 heavy (non-hydrogen) atoms. The van der Waals surface area contributed by atoms with E-state index in [0.717, 1.165) is 53.7 Å². The lowest BCUT2D eigenvalue weighted by Crippen LogP contribution is -2.65. The zero-order valence-corrected chi connectivity index (χ0v) is 28.8. The fourth-order valence-corrected chi connectivity index (χ4v) is 8.43. The minimum atomic E-state index is -0.915. The maximum atomic E-state index is 12.0. The standard InChI is InChI=1S/C40H53N3O6/c1-29(41-25-38(46)32-14-17-37(45)36(24-32)42-28-44)30-12-15-35(16-13-30)48-23-7-20-43-21-18-31(19-22-43)39(26-43)49-27-40(47,34-10-5-6-11-34)33-8-3-2-4-9-33/h2-4,8-9,12-17,24,28-29,31,34,38-39,41,46-47H,5-7,10-11,18-23,25-27H2,1H3,(H-,42,44,45)/p+1/t29-,31?,38+,39+,40-,43?/m1/s1. The van der Waals surface area contributed by atoms with Crippen molar-refractivity contribution in [3.8, 4) is 11.5 Å². The van der Waals surface area contributed by atoms with Gasteiger partial charge in [-0.25, -0.2) is 0 Å². The van der Waals surface area contributed by atoms with Gasteiger partial charge in [-0.2, -0.15) is 0 Å². The van der Waals surface area contributed by atoms with Gasteiger partial charge in [-0.05, 0) is 66.6 Å². The number of phenolic OH excluding ortho intramolecular Hbond substituents is 1. The van der Waals surface area contributed by atoms with Crippen LogP contribution in [0.15, 0.2) is 72.8 Å². The van der Waals surface area contributed by atoms with E-state index in [-0.39, 0.29) is 29.5 Å². The normalized spacial score (nSPS) is 24.6. The number of carbonyl (C=O) groups is 1. The highest BCUT2D eigenvalue weighted by Gasteiger charge is 2.48. The topological polar surface area (TPSA) is 120 Å². The molecule has 2 bridgehead atoms. The predicted octanol–water partition coefficient (Wildman–Crippen LogP) is 5.82. The second kappa shape index (κ2) is 16.0. The lowest BCUT2D eigenvalue weighted by Gasteiger charge is -2.53. The SMILES string of the molecule is C[C@@H](NC[C@H](O)c1ccc(O)c(NC=O)c1)c1ccc(OCCC[N+]23CCC(CC2)[C@@H](OC[C@@](O)(c2ccccc2)C2CCCC2)C3)cc1. The Labute approximate surface area is 290 Å². The van der Waals surface area contributed by atoms with Gasteiger partial charge >= 0.3 is 0 Å². The summed E-state index contributed by atoms with van der Waals surface area (Å²) in [4.78, 5) is 10.8. The van der Waals surface area contributed by atoms with E-state index in [1.807, 2.05) is 49.4 Å². The van der Waals surface area contributed by atoms with E-state index in [1.54, 1.807) is 12.1 Å². The van der Waals surface area contributed by atoms with Gasteiger partial charge in [-0.15, -0.1) is 0 Å². The summed E-state index contributed by atoms with van der Waals surface area (Å²) in [6, 6.07) is 23.0. The fraction of sp³-hybridized carbons (Fsp3) is 0.525. The van der Waals surface area contributed by atoms with Gasteiger partial charge < -0.3 is 39.9 Å². The molecule has 4 atom stereocenters. The number of hydrogen-bond acceptors (Lipinski definition) is 7. The van der Waals surface area contributed by atoms with Crippen LogP contribution in [0.25, 0.3) is 0 Å². The van der Waals surface area contributed by atoms with Crippen LogP contribution < -0.4 is 15.4 Å². The van der Waals surface area contributed by atoms with Crippen LogP contribution in [-0.2, 0) is 15.1 Å². The number of aliphatic hydroxyl groups is 2. The second-order valence-electron chi connectivity index (χ2n) is 14.6. The van der Waals surface area contributed by atoms with E-state index in [4.69, 9.17) is 9.47 Å². The van der Waals surface area contributed by atoms with Crippen LogP contribution in [-0.4, -0.2) is 78.3 Å². The number of rotatable bonds is 17. The molecule has 4 aliphatic rings. The molecule has 5 N–H and O–H groups in total. The molecule has 0 radical (unpaired) electrons. The molecule has 3 aliphatic heterocycles. The van der Waals surface area contributed by atoms with Crippen molar-refractivity contribution < 1.29 is 34.1 Å². The number of ether oxygens (including phenoxy) is 2. The van der Waals surface area contributed by atoms with Gasteiger partial charge in [0.2, 0.25) is 6.41 Å². The van der Waals surface area contributed by atoms with Crippen LogP contribution >= 0.6 is 0 Å². The summed E-state index contributed by atoms with van der Waals surface area (Å²) >= 11 is 0. The molecule has 7 rings (SSSR count). The first-order valence-corrected chi connectivity index (χ1v) is 18.2. The van der Waals surface area contributed by atoms with Crippen molar-refractivity contribution >= 4 is 12.1 Å². The zero-order chi connectivity index (χ0) is 34.3. The van der Waals surface area contributed by atoms with Crippen LogP contribution in [0.4, 0.5) is 5.69 Å². The van der Waals surface area contributed by atoms with E-state index in [1.165, 1.54) is 44.8 Å². The molecule has 0 unspecified atom stereocenters. The quantitative estimate of drug-likeness (QED) is 0.0531. The Balaban J connectivity index is 0.949. The van der Waals surface area contributed by atoms with Gasteiger partial charge in [0.15, 0.2) is 0 Å². The molecule has 264 valence electrons. The molecule has 3 saturated heterocycles. The molecule has 9 heteroatoms. The third-order valence-corrected chi connectivity index (χ3v) is 11.5. The first-order chi connectivity index (χ1) is 23.8. The number of anilines is 1. The molecule has 3 aromatic rings. The van der Waals surface area contributed by atoms with Crippen molar-refractivity contribution in [1.82, 2.24) is 5.32 Å². The number of fused-ring (bicyclic) bond motifs is 3. The number of phenols is 1. The number of nitrogens with one attached hydrogen (secondary N) is 2. The summed E-state index contributed by atoms with van der Waals surface area (Å²) < 4.78 is 14.0. The monoisotopic (exact) mass is 672 g/mol. The lowest BCUT2D eigenvalue weighted by molar-refractivity contribution is -0.946. The summed E-state index contributed by atoms with van der Waals surface area (Å²) in [5, 5.41) is 38.3. The third-order valence-electron chi connectivity index (χ3n) is 11.5. The summed E-state index contributed by atoms with van der Waals surface area (Å²) in [6.07, 6.45) is 7.76. The van der Waals surface area contributed by atoms with E-state index >= 15 is 0 Å². The van der Waals surface area contributed by atoms with Crippen LogP contribution in [0.5, 0.6) is 11.5 Å². The van der Waals surface area contributed by atoms with Gasteiger partial charge in [-0.3, -0.25) is 4.79 Å². The number of hydrogen-bond donors (Lipinski definition) is 5. The molecule has 4 fully saturated rings. The maximum absolute atomic E-state index is 12.0. The number of aliphatic hydroxyl groups excluding tert-OH is 1. The number of benzene rings is 3. The fourth-order valence-electron chi connectivity index (χ4n) is 8.43. The molecular weight excluding hydrogens is 618 g/mol. The minimum absolute atomic E-state index is 0.00299. The first-order valence-electron chi connectivity index (χ1n) is 18.2. The molecule has 9 nitrogen and oxygen atoms in total. The molecular formula is C40H54N3O6+. The zero-order valence-electron chi connectivity index (χ0n) is 28.8. The Morgan fingerprint density at radius 3 is 2.41 bits per heavy atom. The number of quaternary nitrogens is 1. The highest BCUT2D eigenvalue weighted by Crippen LogP contribution is 2.43. The average molecular weight is 673 g/mol. The molecule has 3 heterocycles. The van der Waals surface area contributed by atoms with Crippen molar-refractivity contribution in [1.29, 1.82) is 0 Å². The van der Waals surface area contributed by atoms with E-state index in [9.17, 15) is 20.1 Å². The highest BCUT2D eigenvalue weighted by molar-refractivity contribution is 5.75. The molecule has 0 aromatic heterocycles. The van der Waals surface area contributed by atoms with Crippen LogP contribution in [0.2, 0.25) is 0 Å². The Hall–Kier alpha value is -3.47. The van der Waals surface area contributed by atoms with Crippen molar-refractivity contribution in [2.75, 3.05) is 51.3 Å². The van der Waals surface area contributed by atoms with E-state index in [2.05, 4.69) is 22.8 Å². The maximum Gasteiger partial charge on any atom is 0.211 e. The van der Waals surface area contributed by atoms with Gasteiger partial charge in [0.25, 0.3) is 0 Å². The van der Waals surface area contributed by atoms with Crippen molar-refractivity contribution in [3.05, 3.63) is 89.5 Å². The number of nitrogens with zero attached hydrogens (tertiary/aromatic N) is 1. The smallest absolute Gasteiger partial charge is 0.211 e. The summed E-state index contributed by atoms with van der Waals surface area (Å²) in [5.74, 6) is 1.65. The molecule has 1 aliphatic carbocycles. The molecule has 0 spiro atoms. The number of aromatic hydroxyl groups is 1. The number of carbonyl (C=O) groups excluding carboxylic acids is 1. The Bertz CT molecular complexity index is 1490. The Kier molecular flexibility index (Phi) is 11.6. The predicted molar refractivity (Wildman–Crippen MR) is 190 cm³/mol.